The van der Waals surface area contributed by atoms with Gasteiger partial charge in [-0.15, -0.1) is 0 Å². The summed E-state index contributed by atoms with van der Waals surface area (Å²) in [5.74, 6) is 0.262. The molecule has 1 aromatic heterocycles. The molecule has 3 aromatic rings. The van der Waals surface area contributed by atoms with Gasteiger partial charge in [0.1, 0.15) is 0 Å². The molecule has 0 spiro atoms. The number of rotatable bonds is 6. The molecule has 0 aliphatic heterocycles. The molecule has 6 nitrogen and oxygen atoms in total. The van der Waals surface area contributed by atoms with Crippen LogP contribution in [-0.2, 0) is 0 Å². The highest BCUT2D eigenvalue weighted by Crippen LogP contribution is 2.28. The first-order chi connectivity index (χ1) is 12.7. The van der Waals surface area contributed by atoms with E-state index in [1.54, 1.807) is 30.5 Å². The van der Waals surface area contributed by atoms with Crippen LogP contribution < -0.4 is 14.9 Å². The van der Waals surface area contributed by atoms with E-state index in [9.17, 15) is 4.79 Å². The smallest absolute Gasteiger partial charge is 0.379 e. The van der Waals surface area contributed by atoms with E-state index >= 15 is 0 Å². The minimum Gasteiger partial charge on any atom is -0.493 e. The Hall–Kier alpha value is -3.54. The standard InChI is InChI=1S/C20H18N2O4/c1-14-5-8-16(9-6-14)22-21-13-15-7-10-17(19(12-15)24-2)26-20(23)18-4-3-11-25-18/h3-13,22H,1-2H3. The van der Waals surface area contributed by atoms with Crippen molar-refractivity contribution in [2.24, 2.45) is 5.10 Å². The van der Waals surface area contributed by atoms with E-state index in [2.05, 4.69) is 10.5 Å². The van der Waals surface area contributed by atoms with E-state index in [0.29, 0.717) is 11.5 Å². The largest absolute Gasteiger partial charge is 0.493 e. The van der Waals surface area contributed by atoms with Gasteiger partial charge in [0, 0.05) is 0 Å². The Bertz CT molecular complexity index is 900. The lowest BCUT2D eigenvalue weighted by Gasteiger charge is -2.09. The quantitative estimate of drug-likeness (QED) is 0.311. The van der Waals surface area contributed by atoms with Crippen molar-refractivity contribution < 1.29 is 18.7 Å². The van der Waals surface area contributed by atoms with Crippen molar-refractivity contribution in [2.75, 3.05) is 12.5 Å². The zero-order chi connectivity index (χ0) is 18.4. The number of aryl methyl sites for hydroxylation is 1. The normalized spacial score (nSPS) is 10.7. The number of nitrogens with zero attached hydrogens (tertiary/aromatic N) is 1. The van der Waals surface area contributed by atoms with Crippen molar-refractivity contribution in [3.8, 4) is 11.5 Å². The van der Waals surface area contributed by atoms with Crippen molar-refractivity contribution in [3.05, 3.63) is 77.7 Å². The number of nitrogens with one attached hydrogen (secondary N) is 1. The third-order valence-electron chi connectivity index (χ3n) is 3.57. The molecule has 2 aromatic carbocycles. The minimum absolute atomic E-state index is 0.125. The molecular formula is C20H18N2O4. The van der Waals surface area contributed by atoms with Gasteiger partial charge in [-0.1, -0.05) is 17.7 Å². The molecular weight excluding hydrogens is 332 g/mol. The average molecular weight is 350 g/mol. The fraction of sp³-hybridized carbons (Fsp3) is 0.100. The first-order valence-electron chi connectivity index (χ1n) is 7.95. The molecule has 26 heavy (non-hydrogen) atoms. The fourth-order valence-electron chi connectivity index (χ4n) is 2.20. The predicted molar refractivity (Wildman–Crippen MR) is 99.1 cm³/mol. The second kappa shape index (κ2) is 8.02. The molecule has 0 atom stereocenters. The van der Waals surface area contributed by atoms with Crippen LogP contribution in [0.1, 0.15) is 21.7 Å². The summed E-state index contributed by atoms with van der Waals surface area (Å²) in [4.78, 5) is 12.0. The Balaban J connectivity index is 1.68. The number of furan rings is 1. The summed E-state index contributed by atoms with van der Waals surface area (Å²) in [6.07, 6.45) is 3.06. The third-order valence-corrected chi connectivity index (χ3v) is 3.57. The van der Waals surface area contributed by atoms with Gasteiger partial charge in [-0.25, -0.2) is 4.79 Å². The van der Waals surface area contributed by atoms with Gasteiger partial charge in [-0.05, 0) is 55.0 Å². The Morgan fingerprint density at radius 1 is 1.12 bits per heavy atom. The summed E-state index contributed by atoms with van der Waals surface area (Å²) in [5.41, 5.74) is 5.82. The number of carbonyl (C=O) groups is 1. The molecule has 132 valence electrons. The van der Waals surface area contributed by atoms with Crippen LogP contribution in [0.25, 0.3) is 0 Å². The number of hydrogen-bond acceptors (Lipinski definition) is 6. The molecule has 0 aliphatic carbocycles. The topological polar surface area (TPSA) is 73.1 Å². The van der Waals surface area contributed by atoms with Gasteiger partial charge in [0.25, 0.3) is 0 Å². The number of esters is 1. The predicted octanol–water partition coefficient (Wildman–Crippen LogP) is 4.26. The SMILES string of the molecule is COc1cc(C=NNc2ccc(C)cc2)ccc1OC(=O)c1ccco1. The van der Waals surface area contributed by atoms with Crippen molar-refractivity contribution in [1.29, 1.82) is 0 Å². The van der Waals surface area contributed by atoms with E-state index in [4.69, 9.17) is 13.9 Å². The van der Waals surface area contributed by atoms with Crippen LogP contribution >= 0.6 is 0 Å². The molecule has 1 N–H and O–H groups in total. The number of hydrazone groups is 1. The van der Waals surface area contributed by atoms with Gasteiger partial charge < -0.3 is 13.9 Å². The fourth-order valence-corrected chi connectivity index (χ4v) is 2.20. The Labute approximate surface area is 151 Å². The van der Waals surface area contributed by atoms with Gasteiger partial charge in [-0.3, -0.25) is 5.43 Å². The summed E-state index contributed by atoms with van der Waals surface area (Å²) >= 11 is 0. The van der Waals surface area contributed by atoms with E-state index in [1.165, 1.54) is 25.0 Å². The van der Waals surface area contributed by atoms with Crippen molar-refractivity contribution in [3.63, 3.8) is 0 Å². The number of carbonyl (C=O) groups excluding carboxylic acids is 1. The number of benzene rings is 2. The summed E-state index contributed by atoms with van der Waals surface area (Å²) in [6.45, 7) is 2.03. The number of methoxy groups -OCH3 is 1. The first kappa shape index (κ1) is 17.3. The number of anilines is 1. The molecule has 0 unspecified atom stereocenters. The molecule has 3 rings (SSSR count). The van der Waals surface area contributed by atoms with E-state index in [1.807, 2.05) is 31.2 Å². The van der Waals surface area contributed by atoms with Gasteiger partial charge in [0.15, 0.2) is 11.5 Å². The lowest BCUT2D eigenvalue weighted by atomic mass is 10.2. The maximum absolute atomic E-state index is 12.0. The van der Waals surface area contributed by atoms with E-state index in [0.717, 1.165) is 11.3 Å². The summed E-state index contributed by atoms with van der Waals surface area (Å²) in [6, 6.07) is 16.2. The van der Waals surface area contributed by atoms with Crippen LogP contribution in [0.15, 0.2) is 70.4 Å². The molecule has 0 aliphatic rings. The Morgan fingerprint density at radius 2 is 1.92 bits per heavy atom. The molecule has 0 saturated carbocycles. The highest BCUT2D eigenvalue weighted by molar-refractivity contribution is 5.89. The molecule has 0 saturated heterocycles. The third kappa shape index (κ3) is 4.30. The van der Waals surface area contributed by atoms with Crippen LogP contribution in [0, 0.1) is 6.92 Å². The van der Waals surface area contributed by atoms with Crippen LogP contribution in [0.3, 0.4) is 0 Å². The summed E-state index contributed by atoms with van der Waals surface area (Å²) in [7, 11) is 1.50. The highest BCUT2D eigenvalue weighted by atomic mass is 16.6. The number of ether oxygens (including phenoxy) is 2. The molecule has 0 amide bonds. The molecule has 0 radical (unpaired) electrons. The summed E-state index contributed by atoms with van der Waals surface area (Å²) in [5, 5.41) is 4.19. The molecule has 0 fully saturated rings. The second-order valence-corrected chi connectivity index (χ2v) is 5.51. The molecule has 6 heteroatoms. The zero-order valence-electron chi connectivity index (χ0n) is 14.4. The first-order valence-corrected chi connectivity index (χ1v) is 7.95. The second-order valence-electron chi connectivity index (χ2n) is 5.51. The van der Waals surface area contributed by atoms with Crippen LogP contribution in [0.5, 0.6) is 11.5 Å². The zero-order valence-corrected chi connectivity index (χ0v) is 14.4. The molecule has 0 bridgehead atoms. The summed E-state index contributed by atoms with van der Waals surface area (Å²) < 4.78 is 15.6. The minimum atomic E-state index is -0.587. The van der Waals surface area contributed by atoms with Gasteiger partial charge >= 0.3 is 5.97 Å². The average Bonchev–Trinajstić information content (AvgIpc) is 3.19. The van der Waals surface area contributed by atoms with Gasteiger partial charge in [0.2, 0.25) is 5.76 Å². The van der Waals surface area contributed by atoms with Crippen molar-refractivity contribution >= 4 is 17.9 Å². The van der Waals surface area contributed by atoms with Crippen molar-refractivity contribution in [1.82, 2.24) is 0 Å². The highest BCUT2D eigenvalue weighted by Gasteiger charge is 2.14. The van der Waals surface area contributed by atoms with Crippen LogP contribution in [-0.4, -0.2) is 19.3 Å². The van der Waals surface area contributed by atoms with Gasteiger partial charge in [0.05, 0.1) is 25.3 Å². The monoisotopic (exact) mass is 350 g/mol. The lowest BCUT2D eigenvalue weighted by molar-refractivity contribution is 0.0696. The van der Waals surface area contributed by atoms with Crippen molar-refractivity contribution in [2.45, 2.75) is 6.92 Å². The van der Waals surface area contributed by atoms with E-state index in [-0.39, 0.29) is 5.76 Å². The maximum atomic E-state index is 12.0. The molecule has 1 heterocycles. The van der Waals surface area contributed by atoms with Gasteiger partial charge in [-0.2, -0.15) is 5.10 Å². The van der Waals surface area contributed by atoms with Crippen LogP contribution in [0.2, 0.25) is 0 Å². The maximum Gasteiger partial charge on any atom is 0.379 e. The Morgan fingerprint density at radius 3 is 2.62 bits per heavy atom. The van der Waals surface area contributed by atoms with Crippen LogP contribution in [0.4, 0.5) is 5.69 Å². The number of hydrogen-bond donors (Lipinski definition) is 1. The lowest BCUT2D eigenvalue weighted by Crippen LogP contribution is -2.08. The Kier molecular flexibility index (Phi) is 5.34. The van der Waals surface area contributed by atoms with E-state index < -0.39 is 5.97 Å².